The lowest BCUT2D eigenvalue weighted by Crippen LogP contribution is -2.30. The highest BCUT2D eigenvalue weighted by atomic mass is 19.4. The Labute approximate surface area is 138 Å². The molecule has 5 nitrogen and oxygen atoms in total. The van der Waals surface area contributed by atoms with E-state index in [1.807, 2.05) is 0 Å². The van der Waals surface area contributed by atoms with E-state index < -0.39 is 40.1 Å². The van der Waals surface area contributed by atoms with E-state index in [1.165, 1.54) is 6.92 Å². The largest absolute Gasteiger partial charge is 0.573 e. The van der Waals surface area contributed by atoms with Crippen LogP contribution in [0, 0.1) is 12.3 Å². The van der Waals surface area contributed by atoms with Crippen LogP contribution in [0.3, 0.4) is 0 Å². The van der Waals surface area contributed by atoms with Gasteiger partial charge in [-0.1, -0.05) is 27.7 Å². The monoisotopic (exact) mass is 351 g/mol. The fourth-order valence-electron chi connectivity index (χ4n) is 3.23. The van der Waals surface area contributed by atoms with Gasteiger partial charge < -0.3 is 25.8 Å². The summed E-state index contributed by atoms with van der Waals surface area (Å²) in [6.45, 7) is 8.25. The van der Waals surface area contributed by atoms with Crippen LogP contribution >= 0.6 is 0 Å². The molecular formula is C16H24F3NO4. The molecule has 0 unspecified atom stereocenters. The quantitative estimate of drug-likeness (QED) is 0.369. The Morgan fingerprint density at radius 3 is 1.96 bits per heavy atom. The predicted molar refractivity (Wildman–Crippen MR) is 84.1 cm³/mol. The predicted octanol–water partition coefficient (Wildman–Crippen LogP) is 3.57. The maximum absolute atomic E-state index is 12.6. The summed E-state index contributed by atoms with van der Waals surface area (Å²) in [4.78, 5) is 0. The average molecular weight is 351 g/mol. The van der Waals surface area contributed by atoms with E-state index in [2.05, 4.69) is 4.74 Å². The van der Waals surface area contributed by atoms with Crippen LogP contribution in [-0.4, -0.2) is 28.3 Å². The number of anilines is 1. The molecule has 0 saturated carbocycles. The molecule has 0 aromatic heterocycles. The smallest absolute Gasteiger partial charge is 0.505 e. The van der Waals surface area contributed by atoms with E-state index in [0.717, 1.165) is 0 Å². The molecule has 138 valence electrons. The van der Waals surface area contributed by atoms with Crippen molar-refractivity contribution in [3.63, 3.8) is 0 Å². The van der Waals surface area contributed by atoms with Gasteiger partial charge in [0.05, 0.1) is 0 Å². The van der Waals surface area contributed by atoms with Crippen LogP contribution in [0.4, 0.5) is 18.9 Å². The average Bonchev–Trinajstić information content (AvgIpc) is 2.39. The number of aliphatic hydroxyl groups excluding tert-OH is 1. The van der Waals surface area contributed by atoms with Crippen molar-refractivity contribution >= 4 is 5.69 Å². The van der Waals surface area contributed by atoms with Crippen molar-refractivity contribution in [1.29, 1.82) is 0 Å². The first-order chi connectivity index (χ1) is 10.6. The van der Waals surface area contributed by atoms with Gasteiger partial charge in [-0.05, 0) is 24.2 Å². The molecule has 24 heavy (non-hydrogen) atoms. The van der Waals surface area contributed by atoms with Gasteiger partial charge in [0, 0.05) is 17.7 Å². The van der Waals surface area contributed by atoms with Gasteiger partial charge in [-0.15, -0.1) is 13.2 Å². The molecule has 0 aliphatic rings. The van der Waals surface area contributed by atoms with Gasteiger partial charge in [0.15, 0.2) is 11.5 Å². The molecule has 0 radical (unpaired) electrons. The van der Waals surface area contributed by atoms with Gasteiger partial charge >= 0.3 is 6.36 Å². The minimum atomic E-state index is -5.07. The number of halogens is 3. The van der Waals surface area contributed by atoms with Crippen molar-refractivity contribution in [2.24, 2.45) is 5.41 Å². The van der Waals surface area contributed by atoms with E-state index in [4.69, 9.17) is 5.73 Å². The minimum Gasteiger partial charge on any atom is -0.505 e. The third kappa shape index (κ3) is 4.17. The number of benzene rings is 1. The first-order valence-electron chi connectivity index (χ1n) is 7.34. The molecule has 0 atom stereocenters. The van der Waals surface area contributed by atoms with Crippen LogP contribution in [0.15, 0.2) is 0 Å². The number of ether oxygens (including phenoxy) is 1. The molecule has 1 aromatic carbocycles. The van der Waals surface area contributed by atoms with Crippen molar-refractivity contribution < 1.29 is 33.2 Å². The van der Waals surface area contributed by atoms with Crippen molar-refractivity contribution in [2.45, 2.75) is 52.8 Å². The van der Waals surface area contributed by atoms with Gasteiger partial charge in [-0.2, -0.15) is 0 Å². The fraction of sp³-hybridized carbons (Fsp3) is 0.625. The Kier molecular flexibility index (Phi) is 5.25. The molecule has 8 heteroatoms. The highest BCUT2D eigenvalue weighted by Crippen LogP contribution is 2.52. The van der Waals surface area contributed by atoms with Gasteiger partial charge in [-0.3, -0.25) is 0 Å². The Morgan fingerprint density at radius 1 is 1.04 bits per heavy atom. The number of aromatic hydroxyl groups is 2. The zero-order valence-electron chi connectivity index (χ0n) is 14.4. The van der Waals surface area contributed by atoms with Gasteiger partial charge in [0.1, 0.15) is 11.4 Å². The number of hydrogen-bond acceptors (Lipinski definition) is 5. The lowest BCUT2D eigenvalue weighted by atomic mass is 9.70. The van der Waals surface area contributed by atoms with Gasteiger partial charge in [0.2, 0.25) is 0 Å². The summed E-state index contributed by atoms with van der Waals surface area (Å²) in [6.07, 6.45) is -4.74. The normalized spacial score (nSPS) is 13.2. The molecule has 0 heterocycles. The first-order valence-corrected chi connectivity index (χ1v) is 7.34. The van der Waals surface area contributed by atoms with E-state index in [-0.39, 0.29) is 17.7 Å². The number of nitrogen functional groups attached to an aromatic ring is 1. The number of aliphatic hydroxyl groups is 1. The van der Waals surface area contributed by atoms with E-state index in [0.29, 0.717) is 6.42 Å². The minimum absolute atomic E-state index is 0.0926. The summed E-state index contributed by atoms with van der Waals surface area (Å²) in [5, 5.41) is 29.9. The third-order valence-electron chi connectivity index (χ3n) is 3.92. The molecular weight excluding hydrogens is 327 g/mol. The summed E-state index contributed by atoms with van der Waals surface area (Å²) < 4.78 is 41.6. The molecule has 0 fully saturated rings. The summed E-state index contributed by atoms with van der Waals surface area (Å²) in [5.74, 6) is -2.36. The first kappa shape index (κ1) is 20.2. The SMILES string of the molecule is Cc1c(O)c(N)c(OC(F)(F)F)c(O)c1C(C)(C)CC(C)(C)CO. The Balaban J connectivity index is 3.59. The number of nitrogens with two attached hydrogens (primary N) is 1. The number of phenols is 2. The maximum atomic E-state index is 12.6. The second-order valence-electron chi connectivity index (χ2n) is 7.37. The van der Waals surface area contributed by atoms with E-state index in [1.54, 1.807) is 27.7 Å². The number of rotatable bonds is 5. The molecule has 0 amide bonds. The Hall–Kier alpha value is -1.83. The lowest BCUT2D eigenvalue weighted by molar-refractivity contribution is -0.274. The lowest BCUT2D eigenvalue weighted by Gasteiger charge is -2.36. The summed E-state index contributed by atoms with van der Waals surface area (Å²) in [7, 11) is 0. The standard InChI is InChI=1S/C16H24F3NO4/c1-8-9(15(4,5)6-14(2,3)7-21)12(23)13(10(20)11(8)22)24-16(17,18)19/h21-23H,6-7,20H2,1-5H3. The highest BCUT2D eigenvalue weighted by molar-refractivity contribution is 5.74. The molecule has 1 aromatic rings. The number of hydrogen-bond donors (Lipinski definition) is 4. The summed E-state index contributed by atoms with van der Waals surface area (Å²) >= 11 is 0. The zero-order valence-corrected chi connectivity index (χ0v) is 14.4. The molecule has 5 N–H and O–H groups in total. The molecule has 1 rings (SSSR count). The van der Waals surface area contributed by atoms with Crippen LogP contribution in [0.1, 0.15) is 45.2 Å². The van der Waals surface area contributed by atoms with Crippen molar-refractivity contribution in [1.82, 2.24) is 0 Å². The second kappa shape index (κ2) is 6.23. The van der Waals surface area contributed by atoms with Crippen LogP contribution in [0.5, 0.6) is 17.2 Å². The fourth-order valence-corrected chi connectivity index (χ4v) is 3.23. The molecule has 0 saturated heterocycles. The molecule has 0 bridgehead atoms. The van der Waals surface area contributed by atoms with Crippen molar-refractivity contribution in [3.8, 4) is 17.2 Å². The Bertz CT molecular complexity index is 625. The van der Waals surface area contributed by atoms with Crippen LogP contribution < -0.4 is 10.5 Å². The molecule has 0 aliphatic heterocycles. The maximum Gasteiger partial charge on any atom is 0.573 e. The van der Waals surface area contributed by atoms with Crippen LogP contribution in [-0.2, 0) is 5.41 Å². The van der Waals surface area contributed by atoms with Crippen molar-refractivity contribution in [2.75, 3.05) is 12.3 Å². The van der Waals surface area contributed by atoms with Gasteiger partial charge in [-0.25, -0.2) is 0 Å². The summed E-state index contributed by atoms with van der Waals surface area (Å²) in [6, 6.07) is 0. The van der Waals surface area contributed by atoms with Crippen LogP contribution in [0.25, 0.3) is 0 Å². The number of alkyl halides is 3. The summed E-state index contributed by atoms with van der Waals surface area (Å²) in [5.41, 5.74) is 3.65. The number of phenolic OH excluding ortho intramolecular Hbond substituents is 2. The second-order valence-corrected chi connectivity index (χ2v) is 7.37. The zero-order chi connectivity index (χ0) is 19.1. The Morgan fingerprint density at radius 2 is 1.54 bits per heavy atom. The van der Waals surface area contributed by atoms with Crippen LogP contribution in [0.2, 0.25) is 0 Å². The van der Waals surface area contributed by atoms with Crippen molar-refractivity contribution in [3.05, 3.63) is 11.1 Å². The molecule has 0 aliphatic carbocycles. The topological polar surface area (TPSA) is 95.9 Å². The van der Waals surface area contributed by atoms with E-state index >= 15 is 0 Å². The molecule has 0 spiro atoms. The van der Waals surface area contributed by atoms with Gasteiger partial charge in [0.25, 0.3) is 0 Å². The highest BCUT2D eigenvalue weighted by Gasteiger charge is 2.39. The third-order valence-corrected chi connectivity index (χ3v) is 3.92. The van der Waals surface area contributed by atoms with E-state index in [9.17, 15) is 28.5 Å².